The number of aliphatic hydroxyl groups is 3. The van der Waals surface area contributed by atoms with Crippen molar-refractivity contribution in [1.29, 1.82) is 0 Å². The summed E-state index contributed by atoms with van der Waals surface area (Å²) in [6.07, 6.45) is -6.09. The number of aromatic nitrogens is 3. The molecule has 0 amide bonds. The van der Waals surface area contributed by atoms with Crippen molar-refractivity contribution in [1.82, 2.24) is 14.5 Å². The van der Waals surface area contributed by atoms with Gasteiger partial charge < -0.3 is 30.4 Å². The minimum absolute atomic E-state index is 0.203. The molecule has 3 aromatic rings. The minimum atomic E-state index is -2.95. The standard InChI is InChI=1S/C19H19F3N4O4/c1-19(29)13(28)18(26-3-2-11-16(23)24-7-25-17(11)26)30-14(19)12(27)8-4-9(15(21)22)6-10(20)5-8/h2-7,12-15,18,27-29H,1H3,(H2,23,24,25)/t12?,13-,14+,18+,19-/m0/s1. The van der Waals surface area contributed by atoms with E-state index in [0.29, 0.717) is 17.1 Å². The van der Waals surface area contributed by atoms with E-state index < -0.39 is 47.9 Å². The summed E-state index contributed by atoms with van der Waals surface area (Å²) in [7, 11) is 0. The Morgan fingerprint density at radius 3 is 2.63 bits per heavy atom. The van der Waals surface area contributed by atoms with Crippen LogP contribution in [0.2, 0.25) is 0 Å². The van der Waals surface area contributed by atoms with Crippen molar-refractivity contribution in [2.75, 3.05) is 5.73 Å². The lowest BCUT2D eigenvalue weighted by molar-refractivity contribution is -0.115. The van der Waals surface area contributed by atoms with E-state index in [0.717, 1.165) is 12.1 Å². The van der Waals surface area contributed by atoms with Gasteiger partial charge in [0.2, 0.25) is 0 Å². The van der Waals surface area contributed by atoms with Gasteiger partial charge in [0, 0.05) is 11.8 Å². The van der Waals surface area contributed by atoms with Gasteiger partial charge in [-0.2, -0.15) is 0 Å². The third-order valence-corrected chi connectivity index (χ3v) is 5.37. The molecule has 1 aromatic carbocycles. The summed E-state index contributed by atoms with van der Waals surface area (Å²) in [6.45, 7) is 1.23. The van der Waals surface area contributed by atoms with Crippen LogP contribution >= 0.6 is 0 Å². The fourth-order valence-corrected chi connectivity index (χ4v) is 3.73. The highest BCUT2D eigenvalue weighted by atomic mass is 19.3. The number of hydrogen-bond acceptors (Lipinski definition) is 7. The molecule has 0 bridgehead atoms. The first-order valence-corrected chi connectivity index (χ1v) is 9.00. The summed E-state index contributed by atoms with van der Waals surface area (Å²) in [5.41, 5.74) is 3.29. The molecular formula is C19H19F3N4O4. The van der Waals surface area contributed by atoms with Gasteiger partial charge in [-0.05, 0) is 36.8 Å². The summed E-state index contributed by atoms with van der Waals surface area (Å²) in [5.74, 6) is -0.769. The number of anilines is 1. The molecule has 1 unspecified atom stereocenters. The number of aliphatic hydroxyl groups excluding tert-OH is 2. The number of nitrogens with zero attached hydrogens (tertiary/aromatic N) is 3. The Morgan fingerprint density at radius 2 is 1.93 bits per heavy atom. The molecule has 160 valence electrons. The number of benzene rings is 1. The zero-order valence-corrected chi connectivity index (χ0v) is 15.7. The van der Waals surface area contributed by atoms with Crippen molar-refractivity contribution in [3.63, 3.8) is 0 Å². The van der Waals surface area contributed by atoms with Crippen molar-refractivity contribution in [3.8, 4) is 0 Å². The van der Waals surface area contributed by atoms with E-state index in [4.69, 9.17) is 10.5 Å². The number of nitrogens with two attached hydrogens (primary N) is 1. The molecule has 3 heterocycles. The lowest BCUT2D eigenvalue weighted by Gasteiger charge is -2.30. The largest absolute Gasteiger partial charge is 0.386 e. The summed E-state index contributed by atoms with van der Waals surface area (Å²) in [5, 5.41) is 32.8. The topological polar surface area (TPSA) is 127 Å². The van der Waals surface area contributed by atoms with Gasteiger partial charge in [0.15, 0.2) is 6.23 Å². The molecule has 30 heavy (non-hydrogen) atoms. The van der Waals surface area contributed by atoms with Gasteiger partial charge in [-0.1, -0.05) is 0 Å². The van der Waals surface area contributed by atoms with Crippen molar-refractivity contribution < 1.29 is 33.2 Å². The van der Waals surface area contributed by atoms with Crippen LogP contribution in [0.1, 0.15) is 36.8 Å². The number of hydrogen-bond donors (Lipinski definition) is 4. The first-order valence-electron chi connectivity index (χ1n) is 9.00. The molecule has 0 saturated carbocycles. The van der Waals surface area contributed by atoms with Gasteiger partial charge in [-0.3, -0.25) is 0 Å². The van der Waals surface area contributed by atoms with Crippen LogP contribution in [0.15, 0.2) is 36.8 Å². The van der Waals surface area contributed by atoms with Crippen LogP contribution in [0.4, 0.5) is 19.0 Å². The Hall–Kier alpha value is -2.73. The Bertz CT molecular complexity index is 1090. The predicted molar refractivity (Wildman–Crippen MR) is 98.8 cm³/mol. The van der Waals surface area contributed by atoms with E-state index in [1.165, 1.54) is 24.0 Å². The second kappa shape index (κ2) is 7.20. The van der Waals surface area contributed by atoms with Crippen LogP contribution in [-0.2, 0) is 4.74 Å². The average Bonchev–Trinajstić information content (AvgIpc) is 3.21. The maximum atomic E-state index is 13.8. The lowest BCUT2D eigenvalue weighted by Crippen LogP contribution is -2.47. The van der Waals surface area contributed by atoms with Crippen LogP contribution in [0.25, 0.3) is 11.0 Å². The summed E-state index contributed by atoms with van der Waals surface area (Å²) in [4.78, 5) is 7.98. The summed E-state index contributed by atoms with van der Waals surface area (Å²) < 4.78 is 47.0. The number of fused-ring (bicyclic) bond motifs is 1. The molecule has 2 aromatic heterocycles. The number of alkyl halides is 2. The molecule has 4 rings (SSSR count). The molecule has 1 aliphatic heterocycles. The summed E-state index contributed by atoms with van der Waals surface area (Å²) >= 11 is 0. The van der Waals surface area contributed by atoms with E-state index >= 15 is 0 Å². The van der Waals surface area contributed by atoms with Crippen LogP contribution in [-0.4, -0.2) is 47.7 Å². The van der Waals surface area contributed by atoms with Crippen molar-refractivity contribution >= 4 is 16.9 Å². The van der Waals surface area contributed by atoms with Crippen molar-refractivity contribution in [2.24, 2.45) is 0 Å². The number of halogens is 3. The Kier molecular flexibility index (Phi) is 4.93. The molecule has 5 N–H and O–H groups in total. The van der Waals surface area contributed by atoms with Gasteiger partial charge in [-0.25, -0.2) is 23.1 Å². The fraction of sp³-hybridized carbons (Fsp3) is 0.368. The highest BCUT2D eigenvalue weighted by molar-refractivity contribution is 5.86. The SMILES string of the molecule is C[C@@]1(O)[C@@H](C(O)c2cc(F)cc(C(F)F)c2)O[C@@H](n2ccc3c(N)ncnc32)[C@@H]1O. The van der Waals surface area contributed by atoms with E-state index in [9.17, 15) is 28.5 Å². The van der Waals surface area contributed by atoms with E-state index in [-0.39, 0.29) is 11.4 Å². The molecule has 0 aliphatic carbocycles. The van der Waals surface area contributed by atoms with E-state index in [1.807, 2.05) is 0 Å². The second-order valence-corrected chi connectivity index (χ2v) is 7.40. The number of rotatable bonds is 4. The number of nitrogen functional groups attached to an aromatic ring is 1. The van der Waals surface area contributed by atoms with Crippen molar-refractivity contribution in [2.45, 2.75) is 43.5 Å². The molecule has 1 aliphatic rings. The fourth-order valence-electron chi connectivity index (χ4n) is 3.73. The first kappa shape index (κ1) is 20.5. The third kappa shape index (κ3) is 3.19. The Morgan fingerprint density at radius 1 is 1.23 bits per heavy atom. The molecule has 5 atom stereocenters. The minimum Gasteiger partial charge on any atom is -0.386 e. The van der Waals surface area contributed by atoms with Gasteiger partial charge in [0.1, 0.15) is 47.5 Å². The van der Waals surface area contributed by atoms with Gasteiger partial charge >= 0.3 is 0 Å². The zero-order chi connectivity index (χ0) is 21.8. The molecule has 1 fully saturated rings. The predicted octanol–water partition coefficient (Wildman–Crippen LogP) is 1.83. The summed E-state index contributed by atoms with van der Waals surface area (Å²) in [6, 6.07) is 4.05. The Labute approximate surface area is 168 Å². The van der Waals surface area contributed by atoms with E-state index in [2.05, 4.69) is 9.97 Å². The smallest absolute Gasteiger partial charge is 0.263 e. The van der Waals surface area contributed by atoms with Crippen molar-refractivity contribution in [3.05, 3.63) is 53.7 Å². The highest BCUT2D eigenvalue weighted by Gasteiger charge is 2.56. The van der Waals surface area contributed by atoms with Crippen LogP contribution in [0.5, 0.6) is 0 Å². The molecule has 0 radical (unpaired) electrons. The van der Waals surface area contributed by atoms with E-state index in [1.54, 1.807) is 6.07 Å². The lowest BCUT2D eigenvalue weighted by atomic mass is 9.88. The van der Waals surface area contributed by atoms with Gasteiger partial charge in [0.25, 0.3) is 6.43 Å². The average molecular weight is 424 g/mol. The quantitative estimate of drug-likeness (QED) is 0.503. The number of ether oxygens (including phenoxy) is 1. The maximum absolute atomic E-state index is 13.8. The van der Waals surface area contributed by atoms with Crippen LogP contribution in [0.3, 0.4) is 0 Å². The monoisotopic (exact) mass is 424 g/mol. The van der Waals surface area contributed by atoms with Gasteiger partial charge in [0.05, 0.1) is 5.39 Å². The van der Waals surface area contributed by atoms with Gasteiger partial charge in [-0.15, -0.1) is 0 Å². The normalized spacial score (nSPS) is 27.8. The van der Waals surface area contributed by atoms with Crippen LogP contribution < -0.4 is 5.73 Å². The first-order chi connectivity index (χ1) is 14.1. The molecule has 8 nitrogen and oxygen atoms in total. The second-order valence-electron chi connectivity index (χ2n) is 7.40. The highest BCUT2D eigenvalue weighted by Crippen LogP contribution is 2.44. The molecule has 11 heteroatoms. The third-order valence-electron chi connectivity index (χ3n) is 5.37. The van der Waals surface area contributed by atoms with Crippen LogP contribution in [0, 0.1) is 5.82 Å². The molecule has 0 spiro atoms. The zero-order valence-electron chi connectivity index (χ0n) is 15.7. The maximum Gasteiger partial charge on any atom is 0.263 e. The molecular weight excluding hydrogens is 405 g/mol. The molecule has 1 saturated heterocycles. The Balaban J connectivity index is 1.71.